The molecule has 120 valence electrons. The van der Waals surface area contributed by atoms with E-state index in [1.165, 1.54) is 18.6 Å². The van der Waals surface area contributed by atoms with Gasteiger partial charge in [0.2, 0.25) is 5.91 Å². The molecule has 3 rings (SSSR count). The summed E-state index contributed by atoms with van der Waals surface area (Å²) in [7, 11) is 0. The predicted octanol–water partition coefficient (Wildman–Crippen LogP) is 2.76. The number of aromatic nitrogens is 3. The lowest BCUT2D eigenvalue weighted by Gasteiger charge is -2.10. The number of hydrogen-bond donors (Lipinski definition) is 3. The van der Waals surface area contributed by atoms with Gasteiger partial charge in [-0.15, -0.1) is 0 Å². The van der Waals surface area contributed by atoms with Gasteiger partial charge in [-0.05, 0) is 24.6 Å². The molecule has 0 saturated heterocycles. The van der Waals surface area contributed by atoms with Crippen LogP contribution in [0.3, 0.4) is 0 Å². The second-order valence-electron chi connectivity index (χ2n) is 5.18. The maximum Gasteiger partial charge on any atom is 0.338 e. The SMILES string of the molecule is C=CC(=O)Nc1cc(-c2ncnc3[nH]cc(C(=O)O)c23)ccc1C. The molecule has 1 aromatic carbocycles. The third-order valence-electron chi connectivity index (χ3n) is 3.65. The molecule has 1 amide bonds. The van der Waals surface area contributed by atoms with Gasteiger partial charge < -0.3 is 15.4 Å². The quantitative estimate of drug-likeness (QED) is 0.640. The van der Waals surface area contributed by atoms with Gasteiger partial charge >= 0.3 is 5.97 Å². The molecule has 0 radical (unpaired) electrons. The molecular weight excluding hydrogens is 308 g/mol. The summed E-state index contributed by atoms with van der Waals surface area (Å²) in [6.45, 7) is 5.29. The maximum absolute atomic E-state index is 11.6. The molecule has 0 saturated carbocycles. The first-order chi connectivity index (χ1) is 11.5. The van der Waals surface area contributed by atoms with Crippen molar-refractivity contribution in [2.45, 2.75) is 6.92 Å². The van der Waals surface area contributed by atoms with Crippen LogP contribution in [0.2, 0.25) is 0 Å². The van der Waals surface area contributed by atoms with E-state index in [4.69, 9.17) is 0 Å². The number of carbonyl (C=O) groups excluding carboxylic acids is 1. The van der Waals surface area contributed by atoms with Crippen LogP contribution in [-0.4, -0.2) is 31.9 Å². The summed E-state index contributed by atoms with van der Waals surface area (Å²) >= 11 is 0. The third kappa shape index (κ3) is 2.63. The number of hydrogen-bond acceptors (Lipinski definition) is 4. The van der Waals surface area contributed by atoms with Crippen LogP contribution in [0, 0.1) is 6.92 Å². The van der Waals surface area contributed by atoms with Gasteiger partial charge in [0.25, 0.3) is 0 Å². The van der Waals surface area contributed by atoms with E-state index < -0.39 is 5.97 Å². The molecule has 3 aromatic rings. The number of aromatic carboxylic acids is 1. The number of benzene rings is 1. The molecule has 24 heavy (non-hydrogen) atoms. The fraction of sp³-hybridized carbons (Fsp3) is 0.0588. The number of fused-ring (bicyclic) bond motifs is 1. The van der Waals surface area contributed by atoms with Crippen LogP contribution < -0.4 is 5.32 Å². The van der Waals surface area contributed by atoms with Crippen LogP contribution in [0.5, 0.6) is 0 Å². The van der Waals surface area contributed by atoms with Crippen LogP contribution in [0.4, 0.5) is 5.69 Å². The highest BCUT2D eigenvalue weighted by atomic mass is 16.4. The van der Waals surface area contributed by atoms with Gasteiger partial charge in [0.05, 0.1) is 16.6 Å². The number of nitrogens with one attached hydrogen (secondary N) is 2. The largest absolute Gasteiger partial charge is 0.478 e. The molecule has 3 N–H and O–H groups in total. The summed E-state index contributed by atoms with van der Waals surface area (Å²) in [5, 5.41) is 12.5. The fourth-order valence-electron chi connectivity index (χ4n) is 2.44. The molecule has 0 bridgehead atoms. The van der Waals surface area contributed by atoms with E-state index in [9.17, 15) is 14.7 Å². The van der Waals surface area contributed by atoms with Crippen molar-refractivity contribution in [1.82, 2.24) is 15.0 Å². The monoisotopic (exact) mass is 322 g/mol. The molecule has 0 spiro atoms. The van der Waals surface area contributed by atoms with Gasteiger partial charge in [-0.2, -0.15) is 0 Å². The lowest BCUT2D eigenvalue weighted by Crippen LogP contribution is -2.08. The Morgan fingerprint density at radius 1 is 1.33 bits per heavy atom. The summed E-state index contributed by atoms with van der Waals surface area (Å²) in [6, 6.07) is 5.39. The van der Waals surface area contributed by atoms with Gasteiger partial charge in [0, 0.05) is 17.4 Å². The number of carbonyl (C=O) groups is 2. The molecule has 0 atom stereocenters. The smallest absolute Gasteiger partial charge is 0.338 e. The fourth-order valence-corrected chi connectivity index (χ4v) is 2.44. The minimum atomic E-state index is -1.07. The molecule has 7 heteroatoms. The molecule has 0 aliphatic carbocycles. The second-order valence-corrected chi connectivity index (χ2v) is 5.18. The summed E-state index contributed by atoms with van der Waals surface area (Å²) < 4.78 is 0. The number of carboxylic acid groups (broad SMARTS) is 1. The maximum atomic E-state index is 11.6. The van der Waals surface area contributed by atoms with Crippen LogP contribution >= 0.6 is 0 Å². The van der Waals surface area contributed by atoms with E-state index in [0.717, 1.165) is 5.56 Å². The lowest BCUT2D eigenvalue weighted by atomic mass is 10.0. The number of aromatic amines is 1. The van der Waals surface area contributed by atoms with Crippen molar-refractivity contribution >= 4 is 28.6 Å². The van der Waals surface area contributed by atoms with Crippen LogP contribution in [-0.2, 0) is 4.79 Å². The Balaban J connectivity index is 2.19. The predicted molar refractivity (Wildman–Crippen MR) is 89.8 cm³/mol. The number of carboxylic acids is 1. The van der Waals surface area contributed by atoms with E-state index in [2.05, 4.69) is 26.8 Å². The first-order valence-electron chi connectivity index (χ1n) is 7.11. The first-order valence-corrected chi connectivity index (χ1v) is 7.11. The van der Waals surface area contributed by atoms with Crippen molar-refractivity contribution in [3.63, 3.8) is 0 Å². The molecule has 0 aliphatic rings. The van der Waals surface area contributed by atoms with Gasteiger partial charge in [-0.1, -0.05) is 18.7 Å². The van der Waals surface area contributed by atoms with Crippen LogP contribution in [0.15, 0.2) is 43.4 Å². The first kappa shape index (κ1) is 15.4. The molecule has 7 nitrogen and oxygen atoms in total. The van der Waals surface area contributed by atoms with Crippen LogP contribution in [0.25, 0.3) is 22.3 Å². The Kier molecular flexibility index (Phi) is 3.83. The normalized spacial score (nSPS) is 10.5. The topological polar surface area (TPSA) is 108 Å². The van der Waals surface area contributed by atoms with E-state index in [-0.39, 0.29) is 11.5 Å². The van der Waals surface area contributed by atoms with Crippen LogP contribution in [0.1, 0.15) is 15.9 Å². The van der Waals surface area contributed by atoms with Crippen molar-refractivity contribution in [1.29, 1.82) is 0 Å². The molecule has 2 aromatic heterocycles. The minimum Gasteiger partial charge on any atom is -0.478 e. The number of nitrogens with zero attached hydrogens (tertiary/aromatic N) is 2. The standard InChI is InChI=1S/C17H14N4O3/c1-3-13(22)21-12-6-10(5-4-9(12)2)15-14-11(17(23)24)7-18-16(14)20-8-19-15/h3-8H,1H2,2H3,(H,21,22)(H,23,24)(H,18,19,20). The van der Waals surface area contributed by atoms with Gasteiger partial charge in [0.1, 0.15) is 12.0 Å². The highest BCUT2D eigenvalue weighted by Crippen LogP contribution is 2.30. The van der Waals surface area contributed by atoms with Crippen molar-refractivity contribution in [3.8, 4) is 11.3 Å². The molecule has 2 heterocycles. The average molecular weight is 322 g/mol. The Morgan fingerprint density at radius 3 is 2.83 bits per heavy atom. The van der Waals surface area contributed by atoms with Crippen molar-refractivity contribution < 1.29 is 14.7 Å². The van der Waals surface area contributed by atoms with E-state index >= 15 is 0 Å². The van der Waals surface area contributed by atoms with E-state index in [1.807, 2.05) is 19.1 Å². The zero-order valence-electron chi connectivity index (χ0n) is 12.8. The number of amides is 1. The Hall–Kier alpha value is -3.48. The number of anilines is 1. The molecule has 0 unspecified atom stereocenters. The Morgan fingerprint density at radius 2 is 2.12 bits per heavy atom. The van der Waals surface area contributed by atoms with Crippen molar-refractivity contribution in [2.24, 2.45) is 0 Å². The van der Waals surface area contributed by atoms with E-state index in [0.29, 0.717) is 28.0 Å². The number of aryl methyl sites for hydroxylation is 1. The number of H-pyrrole nitrogens is 1. The Labute approximate surface area is 137 Å². The number of rotatable bonds is 4. The highest BCUT2D eigenvalue weighted by molar-refractivity contribution is 6.08. The molecule has 0 fully saturated rings. The Bertz CT molecular complexity index is 975. The van der Waals surface area contributed by atoms with E-state index in [1.54, 1.807) is 6.07 Å². The minimum absolute atomic E-state index is 0.0952. The summed E-state index contributed by atoms with van der Waals surface area (Å²) in [6.07, 6.45) is 3.94. The summed E-state index contributed by atoms with van der Waals surface area (Å²) in [5.74, 6) is -1.39. The van der Waals surface area contributed by atoms with Crippen molar-refractivity contribution in [3.05, 3.63) is 54.5 Å². The summed E-state index contributed by atoms with van der Waals surface area (Å²) in [4.78, 5) is 34.1. The van der Waals surface area contributed by atoms with Gasteiger partial charge in [0.15, 0.2) is 0 Å². The van der Waals surface area contributed by atoms with Gasteiger partial charge in [-0.3, -0.25) is 4.79 Å². The highest BCUT2D eigenvalue weighted by Gasteiger charge is 2.17. The lowest BCUT2D eigenvalue weighted by molar-refractivity contribution is -0.111. The zero-order chi connectivity index (χ0) is 17.3. The average Bonchev–Trinajstić information content (AvgIpc) is 3.01. The third-order valence-corrected chi connectivity index (χ3v) is 3.65. The van der Waals surface area contributed by atoms with Crippen molar-refractivity contribution in [2.75, 3.05) is 5.32 Å². The second kappa shape index (κ2) is 5.96. The summed E-state index contributed by atoms with van der Waals surface area (Å²) in [5.41, 5.74) is 3.16. The molecule has 0 aliphatic heterocycles. The molecular formula is C17H14N4O3. The zero-order valence-corrected chi connectivity index (χ0v) is 12.8. The van der Waals surface area contributed by atoms with Gasteiger partial charge in [-0.25, -0.2) is 14.8 Å².